The molecule has 7 unspecified atom stereocenters. The monoisotopic (exact) mass is 974 g/mol. The van der Waals surface area contributed by atoms with Gasteiger partial charge in [-0.3, -0.25) is 9.79 Å². The van der Waals surface area contributed by atoms with E-state index in [2.05, 4.69) is 35.9 Å². The molecule has 69 heavy (non-hydrogen) atoms. The summed E-state index contributed by atoms with van der Waals surface area (Å²) in [5, 5.41) is 69.3. The topological polar surface area (TPSA) is 215 Å². The molecule has 9 N–H and O–H groups in total. The van der Waals surface area contributed by atoms with Gasteiger partial charge in [0, 0.05) is 53.0 Å². The van der Waals surface area contributed by atoms with Crippen molar-refractivity contribution in [1.82, 2.24) is 0 Å². The van der Waals surface area contributed by atoms with E-state index in [9.17, 15) is 35.4 Å². The fourth-order valence-electron chi connectivity index (χ4n) is 11.7. The molecule has 3 aliphatic carbocycles. The average molecular weight is 975 g/mol. The van der Waals surface area contributed by atoms with Gasteiger partial charge in [0.05, 0.1) is 43.7 Å². The summed E-state index contributed by atoms with van der Waals surface area (Å²) in [6.07, 6.45) is 15.1. The molecule has 368 valence electrons. The van der Waals surface area contributed by atoms with Gasteiger partial charge in [-0.2, -0.15) is 0 Å². The lowest BCUT2D eigenvalue weighted by molar-refractivity contribution is -0.307. The number of allylic oxidation sites excluding steroid dienone is 5. The number of carbonyl (C=O) groups is 1. The van der Waals surface area contributed by atoms with Crippen LogP contribution in [-0.4, -0.2) is 68.2 Å². The Morgan fingerprint density at radius 1 is 1.00 bits per heavy atom. The number of nitrogens with zero attached hydrogens (tertiary/aromatic N) is 1. The molecule has 7 atom stereocenters. The standard InChI is InChI=1S/C56H69N3O8S2/c1-2-3-4-6-37(24-42(62)31-60)23-40-15-19-56-33-55(40,30-53(56)66)20-16-41(61)12-9-35-11-14-50(64)52(26-35)67-22-18-36-10-13-49(63)47(25-36)46-29-51(65)43-17-21-59-48(43)8-5-7-38-27-45(54(57)58)39(28-44(38)46)32-68-69-34-56/h10-11,13-14,16-17,20-21,25-28,37,40,42,46,53-54,60,62-66H,2-4,6,8-9,12,15,18-19,22-24,29-34,57-58H2,1H3/p-1. The number of rotatable bonds is 10. The Balaban J connectivity index is 1.16. The SMILES string of the molecule is CCCCCC(CC(O)CO)CC1CCC23CSSCc4cc5c(cc4C(N)N)C#CCC4=NC=CC4=C([O-])CC5c4cc(ccc4O)CCOc4cc(ccc4O)CCC(=O)C=CC1(CC2O)C3. The van der Waals surface area contributed by atoms with Gasteiger partial charge < -0.3 is 46.8 Å². The number of unbranched alkanes of at least 4 members (excludes halogenated alkanes) is 2. The largest absolute Gasteiger partial charge is 0.875 e. The number of aryl methyl sites for hydroxylation is 1. The second kappa shape index (κ2) is 22.7. The minimum Gasteiger partial charge on any atom is -0.875 e. The number of aliphatic imine (C=N–C) groups is 1. The molecule has 5 aliphatic rings. The molecule has 0 spiro atoms. The molecule has 2 heterocycles. The zero-order valence-corrected chi connectivity index (χ0v) is 41.3. The molecule has 8 bridgehead atoms. The number of hydrogen-bond donors (Lipinski definition) is 7. The Hall–Kier alpha value is -4.52. The molecule has 2 aliphatic heterocycles. The van der Waals surface area contributed by atoms with Crippen LogP contribution in [0.4, 0.5) is 0 Å². The molecule has 2 fully saturated rings. The van der Waals surface area contributed by atoms with E-state index < -0.39 is 29.7 Å². The van der Waals surface area contributed by atoms with Crippen LogP contribution in [0.25, 0.3) is 0 Å². The third-order valence-corrected chi connectivity index (χ3v) is 18.0. The summed E-state index contributed by atoms with van der Waals surface area (Å²) in [6, 6.07) is 14.6. The number of carbonyl (C=O) groups excluding carboxylic acids is 1. The number of phenols is 2. The van der Waals surface area contributed by atoms with Crippen molar-refractivity contribution in [3.63, 3.8) is 0 Å². The van der Waals surface area contributed by atoms with E-state index in [1.807, 2.05) is 18.2 Å². The number of aliphatic hydroxyl groups is 3. The molecule has 3 aromatic carbocycles. The Kier molecular flexibility index (Phi) is 16.7. The van der Waals surface area contributed by atoms with Crippen molar-refractivity contribution in [2.45, 2.75) is 133 Å². The van der Waals surface area contributed by atoms with Gasteiger partial charge in [-0.15, -0.1) is 5.76 Å². The van der Waals surface area contributed by atoms with Gasteiger partial charge in [0.1, 0.15) is 5.75 Å². The van der Waals surface area contributed by atoms with Gasteiger partial charge in [0.25, 0.3) is 0 Å². The summed E-state index contributed by atoms with van der Waals surface area (Å²) in [7, 11) is 3.39. The molecule has 0 amide bonds. The maximum absolute atomic E-state index is 14.2. The van der Waals surface area contributed by atoms with Gasteiger partial charge in [0.15, 0.2) is 17.3 Å². The first kappa shape index (κ1) is 50.9. The third-order valence-electron chi connectivity index (χ3n) is 15.5. The summed E-state index contributed by atoms with van der Waals surface area (Å²) in [5.41, 5.74) is 18.7. The highest BCUT2D eigenvalue weighted by Crippen LogP contribution is 2.64. The van der Waals surface area contributed by atoms with Crippen molar-refractivity contribution in [1.29, 1.82) is 0 Å². The maximum Gasteiger partial charge on any atom is 0.161 e. The van der Waals surface area contributed by atoms with Crippen LogP contribution in [0.3, 0.4) is 0 Å². The number of fused-ring (bicyclic) bond motifs is 7. The number of nitrogens with two attached hydrogens (primary N) is 2. The highest BCUT2D eigenvalue weighted by molar-refractivity contribution is 8.76. The Bertz CT molecular complexity index is 2540. The first-order valence-electron chi connectivity index (χ1n) is 24.8. The van der Waals surface area contributed by atoms with Gasteiger partial charge in [-0.1, -0.05) is 96.4 Å². The van der Waals surface area contributed by atoms with E-state index in [0.717, 1.165) is 79.2 Å². The number of aliphatic hydroxyl groups excluding tert-OH is 3. The summed E-state index contributed by atoms with van der Waals surface area (Å²) in [4.78, 5) is 18.2. The molecule has 3 aromatic rings. The van der Waals surface area contributed by atoms with Crippen molar-refractivity contribution >= 4 is 33.1 Å². The van der Waals surface area contributed by atoms with Crippen LogP contribution >= 0.6 is 21.6 Å². The lowest BCUT2D eigenvalue weighted by atomic mass is 9.60. The van der Waals surface area contributed by atoms with Crippen molar-refractivity contribution < 1.29 is 40.2 Å². The van der Waals surface area contributed by atoms with Crippen LogP contribution in [0, 0.1) is 34.5 Å². The molecule has 0 saturated heterocycles. The highest BCUT2D eigenvalue weighted by atomic mass is 33.1. The van der Waals surface area contributed by atoms with Gasteiger partial charge in [-0.25, -0.2) is 0 Å². The zero-order chi connectivity index (χ0) is 48.7. The van der Waals surface area contributed by atoms with E-state index in [0.29, 0.717) is 71.8 Å². The molecular formula is C56H68N3O8S2-. The minimum atomic E-state index is -0.811. The molecule has 8 rings (SSSR count). The summed E-state index contributed by atoms with van der Waals surface area (Å²) >= 11 is 0. The number of aromatic hydroxyl groups is 2. The van der Waals surface area contributed by atoms with Crippen LogP contribution < -0.4 is 21.3 Å². The van der Waals surface area contributed by atoms with Gasteiger partial charge in [0.2, 0.25) is 0 Å². The molecule has 0 aromatic heterocycles. The van der Waals surface area contributed by atoms with E-state index >= 15 is 0 Å². The predicted octanol–water partition coefficient (Wildman–Crippen LogP) is 8.32. The van der Waals surface area contributed by atoms with Crippen molar-refractivity contribution in [2.75, 3.05) is 19.0 Å². The van der Waals surface area contributed by atoms with Crippen LogP contribution in [-0.2, 0) is 23.4 Å². The molecule has 11 nitrogen and oxygen atoms in total. The highest BCUT2D eigenvalue weighted by Gasteiger charge is 2.59. The summed E-state index contributed by atoms with van der Waals surface area (Å²) in [5.74, 6) is 7.87. The van der Waals surface area contributed by atoms with Crippen molar-refractivity contribution in [3.8, 4) is 29.1 Å². The second-order valence-electron chi connectivity index (χ2n) is 20.1. The molecule has 0 radical (unpaired) electrons. The number of benzene rings is 3. The van der Waals surface area contributed by atoms with Crippen molar-refractivity contribution in [3.05, 3.63) is 123 Å². The van der Waals surface area contributed by atoms with Crippen LogP contribution in [0.5, 0.6) is 17.2 Å². The van der Waals surface area contributed by atoms with E-state index in [4.69, 9.17) is 16.2 Å². The lowest BCUT2D eigenvalue weighted by Gasteiger charge is -2.45. The summed E-state index contributed by atoms with van der Waals surface area (Å²) in [6.45, 7) is 2.12. The lowest BCUT2D eigenvalue weighted by Crippen LogP contribution is -2.39. The van der Waals surface area contributed by atoms with Crippen LogP contribution in [0.1, 0.15) is 141 Å². The normalized spacial score (nSPS) is 25.9. The zero-order valence-electron chi connectivity index (χ0n) is 39.7. The Labute approximate surface area is 415 Å². The minimum absolute atomic E-state index is 0.0104. The smallest absolute Gasteiger partial charge is 0.161 e. The van der Waals surface area contributed by atoms with Gasteiger partial charge in [-0.05, 0) is 138 Å². The maximum atomic E-state index is 14.2. The van der Waals surface area contributed by atoms with Crippen molar-refractivity contribution in [2.24, 2.45) is 39.1 Å². The van der Waals surface area contributed by atoms with Gasteiger partial charge >= 0.3 is 0 Å². The molecule has 2 saturated carbocycles. The Morgan fingerprint density at radius 3 is 2.61 bits per heavy atom. The first-order valence-corrected chi connectivity index (χ1v) is 27.3. The fraction of sp³-hybridized carbons (Fsp3) is 0.500. The van der Waals surface area contributed by atoms with E-state index in [1.165, 1.54) is 0 Å². The quantitative estimate of drug-likeness (QED) is 0.0442. The summed E-state index contributed by atoms with van der Waals surface area (Å²) < 4.78 is 6.17. The third kappa shape index (κ3) is 11.8. The van der Waals surface area contributed by atoms with Crippen LogP contribution in [0.2, 0.25) is 0 Å². The fourth-order valence-corrected chi connectivity index (χ4v) is 14.5. The van der Waals surface area contributed by atoms with Crippen LogP contribution in [0.15, 0.2) is 89.3 Å². The number of ketones is 1. The molecule has 13 heteroatoms. The predicted molar refractivity (Wildman–Crippen MR) is 274 cm³/mol. The number of ether oxygens (including phenoxy) is 1. The first-order chi connectivity index (χ1) is 33.3. The number of hydrogen-bond acceptors (Lipinski definition) is 13. The van der Waals surface area contributed by atoms with E-state index in [-0.39, 0.29) is 66.3 Å². The molecular weight excluding hydrogens is 907 g/mol. The Morgan fingerprint density at radius 2 is 1.81 bits per heavy atom. The second-order valence-corrected chi connectivity index (χ2v) is 22.6. The average Bonchev–Trinajstić information content (AvgIpc) is 3.90. The van der Waals surface area contributed by atoms with E-state index in [1.54, 1.807) is 64.2 Å². The number of phenolic OH excluding ortho intramolecular Hbond substituents is 2.